The molecule has 1 aromatic heterocycles. The van der Waals surface area contributed by atoms with Gasteiger partial charge < -0.3 is 10.5 Å². The number of nitrogen functional groups attached to an aromatic ring is 1. The zero-order chi connectivity index (χ0) is 18.0. The summed E-state index contributed by atoms with van der Waals surface area (Å²) in [5.41, 5.74) is 7.09. The van der Waals surface area contributed by atoms with Gasteiger partial charge in [-0.3, -0.25) is 15.0 Å². The molecule has 1 saturated heterocycles. The number of thiol groups is 1. The molecule has 0 bridgehead atoms. The fraction of sp³-hybridized carbons (Fsp3) is 0.333. The fourth-order valence-corrected chi connectivity index (χ4v) is 3.68. The third-order valence-electron chi connectivity index (χ3n) is 3.90. The van der Waals surface area contributed by atoms with Crippen LogP contribution < -0.4 is 5.73 Å². The third kappa shape index (κ3) is 4.02. The van der Waals surface area contributed by atoms with Crippen molar-refractivity contribution in [1.82, 2.24) is 9.88 Å². The normalized spacial score (nSPS) is 19.8. The quantitative estimate of drug-likeness (QED) is 0.479. The number of carbonyl (C=O) groups is 1. The number of aromatic nitrogens is 1. The molecular formula is C15H16N4O4S2. The maximum Gasteiger partial charge on any atom is 0.410 e. The smallest absolute Gasteiger partial charge is 0.410 e. The van der Waals surface area contributed by atoms with Crippen LogP contribution in [-0.2, 0) is 11.3 Å². The zero-order valence-electron chi connectivity index (χ0n) is 13.1. The lowest BCUT2D eigenvalue weighted by Crippen LogP contribution is -2.32. The predicted molar refractivity (Wildman–Crippen MR) is 96.6 cm³/mol. The number of nitrogens with two attached hydrogens (primary N) is 1. The standard InChI is InChI=1S/C15H16N4O4S2/c16-14-17-12(8-25-14)13-5-11(24)6-18(13)15(20)23-7-9-1-3-10(4-2-9)19(21)22/h1-4,8,11,13,24H,5-7H2,(H2,16,17)/t11-,13-/m0/s1. The van der Waals surface area contributed by atoms with Gasteiger partial charge in [-0.05, 0) is 24.1 Å². The van der Waals surface area contributed by atoms with Crippen LogP contribution in [0.4, 0.5) is 15.6 Å². The molecule has 132 valence electrons. The highest BCUT2D eigenvalue weighted by atomic mass is 32.1. The van der Waals surface area contributed by atoms with E-state index in [2.05, 4.69) is 17.6 Å². The monoisotopic (exact) mass is 380 g/mol. The summed E-state index contributed by atoms with van der Waals surface area (Å²) in [6, 6.07) is 5.68. The molecule has 0 radical (unpaired) electrons. The topological polar surface area (TPSA) is 112 Å². The first-order chi connectivity index (χ1) is 11.9. The minimum Gasteiger partial charge on any atom is -0.445 e. The summed E-state index contributed by atoms with van der Waals surface area (Å²) in [6.45, 7) is 0.501. The van der Waals surface area contributed by atoms with Crippen molar-refractivity contribution in [2.24, 2.45) is 0 Å². The Bertz CT molecular complexity index is 780. The average molecular weight is 380 g/mol. The molecule has 0 unspecified atom stereocenters. The predicted octanol–water partition coefficient (Wildman–Crippen LogP) is 3.02. The SMILES string of the molecule is Nc1nc([C@@H]2C[C@H](S)CN2C(=O)OCc2ccc([N+](=O)[O-])cc2)cs1. The van der Waals surface area contributed by atoms with Crippen LogP contribution in [0.1, 0.15) is 23.7 Å². The fourth-order valence-electron chi connectivity index (χ4n) is 2.69. The molecule has 1 aliphatic rings. The van der Waals surface area contributed by atoms with Crippen LogP contribution in [0.5, 0.6) is 0 Å². The lowest BCUT2D eigenvalue weighted by atomic mass is 10.2. The molecule has 1 amide bonds. The van der Waals surface area contributed by atoms with Gasteiger partial charge in [-0.1, -0.05) is 0 Å². The minimum absolute atomic E-state index is 0.00581. The van der Waals surface area contributed by atoms with Crippen molar-refractivity contribution in [2.45, 2.75) is 24.3 Å². The van der Waals surface area contributed by atoms with E-state index in [-0.39, 0.29) is 23.6 Å². The van der Waals surface area contributed by atoms with E-state index in [4.69, 9.17) is 10.5 Å². The van der Waals surface area contributed by atoms with E-state index >= 15 is 0 Å². The van der Waals surface area contributed by atoms with Gasteiger partial charge in [0.25, 0.3) is 5.69 Å². The number of carbonyl (C=O) groups excluding carboxylic acids is 1. The van der Waals surface area contributed by atoms with Crippen molar-refractivity contribution in [3.8, 4) is 0 Å². The molecule has 1 aromatic carbocycles. The molecule has 2 aromatic rings. The van der Waals surface area contributed by atoms with E-state index in [0.717, 1.165) is 5.69 Å². The molecule has 3 rings (SSSR count). The third-order valence-corrected chi connectivity index (χ3v) is 4.97. The van der Waals surface area contributed by atoms with E-state index < -0.39 is 11.0 Å². The van der Waals surface area contributed by atoms with Crippen molar-refractivity contribution >= 4 is 40.9 Å². The summed E-state index contributed by atoms with van der Waals surface area (Å²) in [6.07, 6.45) is 0.213. The van der Waals surface area contributed by atoms with Gasteiger partial charge in [0, 0.05) is 29.3 Å². The van der Waals surface area contributed by atoms with E-state index in [0.29, 0.717) is 23.7 Å². The van der Waals surface area contributed by atoms with Crippen LogP contribution in [0.15, 0.2) is 29.6 Å². The number of nitrogens with zero attached hydrogens (tertiary/aromatic N) is 3. The summed E-state index contributed by atoms with van der Waals surface area (Å²) in [7, 11) is 0. The van der Waals surface area contributed by atoms with Crippen molar-refractivity contribution in [2.75, 3.05) is 12.3 Å². The number of nitro groups is 1. The van der Waals surface area contributed by atoms with Gasteiger partial charge in [0.05, 0.1) is 16.7 Å². The molecule has 8 nitrogen and oxygen atoms in total. The number of thiazole rings is 1. The van der Waals surface area contributed by atoms with E-state index in [1.807, 2.05) is 5.38 Å². The zero-order valence-corrected chi connectivity index (χ0v) is 14.8. The summed E-state index contributed by atoms with van der Waals surface area (Å²) < 4.78 is 5.35. The molecule has 0 aliphatic carbocycles. The first-order valence-electron chi connectivity index (χ1n) is 7.49. The van der Waals surface area contributed by atoms with Crippen molar-refractivity contribution in [1.29, 1.82) is 0 Å². The number of nitro benzene ring substituents is 1. The van der Waals surface area contributed by atoms with Gasteiger partial charge >= 0.3 is 6.09 Å². The Morgan fingerprint density at radius 3 is 2.80 bits per heavy atom. The summed E-state index contributed by atoms with van der Waals surface area (Å²) in [4.78, 5) is 28.5. The Morgan fingerprint density at radius 2 is 2.20 bits per heavy atom. The highest BCUT2D eigenvalue weighted by molar-refractivity contribution is 7.81. The van der Waals surface area contributed by atoms with Crippen LogP contribution >= 0.6 is 24.0 Å². The van der Waals surface area contributed by atoms with Crippen LogP contribution in [0.25, 0.3) is 0 Å². The molecule has 0 saturated carbocycles. The Balaban J connectivity index is 1.64. The number of likely N-dealkylation sites (tertiary alicyclic amines) is 1. The number of amides is 1. The van der Waals surface area contributed by atoms with Gasteiger partial charge in [-0.2, -0.15) is 12.6 Å². The van der Waals surface area contributed by atoms with Crippen LogP contribution in [0.3, 0.4) is 0 Å². The first kappa shape index (κ1) is 17.5. The van der Waals surface area contributed by atoms with Gasteiger partial charge in [0.1, 0.15) is 6.61 Å². The van der Waals surface area contributed by atoms with Gasteiger partial charge in [0.15, 0.2) is 5.13 Å². The van der Waals surface area contributed by atoms with E-state index in [9.17, 15) is 14.9 Å². The number of benzene rings is 1. The Kier molecular flexibility index (Phi) is 5.09. The van der Waals surface area contributed by atoms with E-state index in [1.165, 1.54) is 23.5 Å². The largest absolute Gasteiger partial charge is 0.445 e. The first-order valence-corrected chi connectivity index (χ1v) is 8.89. The van der Waals surface area contributed by atoms with Crippen LogP contribution in [0.2, 0.25) is 0 Å². The summed E-state index contributed by atoms with van der Waals surface area (Å²) in [5.74, 6) is 0. The van der Waals surface area contributed by atoms with Crippen molar-refractivity contribution in [3.05, 3.63) is 51.0 Å². The number of non-ortho nitro benzene ring substituents is 1. The minimum atomic E-state index is -0.475. The Morgan fingerprint density at radius 1 is 1.48 bits per heavy atom. The van der Waals surface area contributed by atoms with Gasteiger partial charge in [-0.15, -0.1) is 11.3 Å². The molecule has 2 atom stereocenters. The Labute approximate surface area is 153 Å². The molecule has 0 spiro atoms. The number of hydrogen-bond acceptors (Lipinski definition) is 8. The van der Waals surface area contributed by atoms with Crippen molar-refractivity contribution in [3.63, 3.8) is 0 Å². The molecule has 25 heavy (non-hydrogen) atoms. The van der Waals surface area contributed by atoms with Crippen LogP contribution in [0, 0.1) is 10.1 Å². The molecule has 1 aliphatic heterocycles. The Hall–Kier alpha value is -2.33. The number of ether oxygens (including phenoxy) is 1. The maximum absolute atomic E-state index is 12.4. The molecular weight excluding hydrogens is 364 g/mol. The summed E-state index contributed by atoms with van der Waals surface area (Å²) in [5, 5.41) is 13.0. The maximum atomic E-state index is 12.4. The molecule has 2 heterocycles. The lowest BCUT2D eigenvalue weighted by Gasteiger charge is -2.22. The second kappa shape index (κ2) is 7.28. The highest BCUT2D eigenvalue weighted by Gasteiger charge is 2.37. The van der Waals surface area contributed by atoms with Gasteiger partial charge in [0.2, 0.25) is 0 Å². The summed E-state index contributed by atoms with van der Waals surface area (Å²) >= 11 is 5.79. The lowest BCUT2D eigenvalue weighted by molar-refractivity contribution is -0.384. The number of anilines is 1. The molecule has 10 heteroatoms. The second-order valence-corrected chi connectivity index (χ2v) is 7.27. The van der Waals surface area contributed by atoms with Crippen LogP contribution in [-0.4, -0.2) is 32.7 Å². The average Bonchev–Trinajstić information content (AvgIpc) is 3.18. The van der Waals surface area contributed by atoms with Crippen molar-refractivity contribution < 1.29 is 14.5 Å². The van der Waals surface area contributed by atoms with E-state index in [1.54, 1.807) is 17.0 Å². The van der Waals surface area contributed by atoms with Gasteiger partial charge in [-0.25, -0.2) is 9.78 Å². The highest BCUT2D eigenvalue weighted by Crippen LogP contribution is 2.35. The molecule has 2 N–H and O–H groups in total. The number of hydrogen-bond donors (Lipinski definition) is 2. The molecule has 1 fully saturated rings. The second-order valence-electron chi connectivity index (χ2n) is 5.65. The number of rotatable bonds is 4.